The van der Waals surface area contributed by atoms with Crippen molar-refractivity contribution in [2.75, 3.05) is 6.61 Å². The topological polar surface area (TPSA) is 26.3 Å². The summed E-state index contributed by atoms with van der Waals surface area (Å²) >= 11 is 0. The Morgan fingerprint density at radius 2 is 2.40 bits per heavy atom. The molecule has 0 aliphatic heterocycles. The monoisotopic (exact) mass is 140 g/mol. The van der Waals surface area contributed by atoms with Gasteiger partial charge in [-0.25, -0.2) is 0 Å². The van der Waals surface area contributed by atoms with Gasteiger partial charge in [-0.05, 0) is 6.42 Å². The fourth-order valence-electron chi connectivity index (χ4n) is 0.463. The molecule has 0 radical (unpaired) electrons. The van der Waals surface area contributed by atoms with Crippen LogP contribution in [0.4, 0.5) is 0 Å². The molecule has 10 heavy (non-hydrogen) atoms. The molecule has 0 aromatic carbocycles. The van der Waals surface area contributed by atoms with Crippen molar-refractivity contribution in [1.82, 2.24) is 0 Å². The number of esters is 1. The first-order valence-electron chi connectivity index (χ1n) is 3.18. The summed E-state index contributed by atoms with van der Waals surface area (Å²) in [5.41, 5.74) is 0. The SMILES string of the molecule is C=C/C=C/CCOC(C)=O. The first kappa shape index (κ1) is 8.95. The van der Waals surface area contributed by atoms with Crippen molar-refractivity contribution in [2.45, 2.75) is 13.3 Å². The van der Waals surface area contributed by atoms with Gasteiger partial charge in [0.05, 0.1) is 6.61 Å². The second kappa shape index (κ2) is 6.08. The summed E-state index contributed by atoms with van der Waals surface area (Å²) in [6.45, 7) is 5.36. The van der Waals surface area contributed by atoms with Crippen LogP contribution in [0.3, 0.4) is 0 Å². The maximum Gasteiger partial charge on any atom is 0.302 e. The number of hydrogen-bond acceptors (Lipinski definition) is 2. The van der Waals surface area contributed by atoms with Gasteiger partial charge in [0.2, 0.25) is 0 Å². The lowest BCUT2D eigenvalue weighted by atomic mass is 10.4. The molecule has 0 aromatic heterocycles. The van der Waals surface area contributed by atoms with Gasteiger partial charge < -0.3 is 4.74 Å². The molecule has 0 saturated heterocycles. The molecule has 0 amide bonds. The predicted molar refractivity (Wildman–Crippen MR) is 40.6 cm³/mol. The summed E-state index contributed by atoms with van der Waals surface area (Å²) in [4.78, 5) is 10.2. The van der Waals surface area contributed by atoms with Gasteiger partial charge in [-0.3, -0.25) is 4.79 Å². The van der Waals surface area contributed by atoms with Gasteiger partial charge >= 0.3 is 5.97 Å². The highest BCUT2D eigenvalue weighted by Crippen LogP contribution is 1.85. The Morgan fingerprint density at radius 1 is 1.70 bits per heavy atom. The summed E-state index contributed by atoms with van der Waals surface area (Å²) < 4.78 is 4.66. The van der Waals surface area contributed by atoms with Crippen LogP contribution in [0.25, 0.3) is 0 Å². The molecule has 0 aromatic rings. The summed E-state index contributed by atoms with van der Waals surface area (Å²) in [6.07, 6.45) is 6.17. The van der Waals surface area contributed by atoms with E-state index in [2.05, 4.69) is 11.3 Å². The van der Waals surface area contributed by atoms with Gasteiger partial charge in [0.25, 0.3) is 0 Å². The minimum absolute atomic E-state index is 0.230. The Hall–Kier alpha value is -1.05. The smallest absolute Gasteiger partial charge is 0.302 e. The highest BCUT2D eigenvalue weighted by Gasteiger charge is 1.87. The summed E-state index contributed by atoms with van der Waals surface area (Å²) in [6, 6.07) is 0. The van der Waals surface area contributed by atoms with E-state index in [1.807, 2.05) is 12.2 Å². The lowest BCUT2D eigenvalue weighted by Crippen LogP contribution is -1.98. The molecule has 0 heterocycles. The van der Waals surface area contributed by atoms with E-state index < -0.39 is 0 Å². The molecule has 0 unspecified atom stereocenters. The van der Waals surface area contributed by atoms with Crippen molar-refractivity contribution in [1.29, 1.82) is 0 Å². The first-order chi connectivity index (χ1) is 4.77. The zero-order chi connectivity index (χ0) is 7.82. The van der Waals surface area contributed by atoms with Gasteiger partial charge in [0, 0.05) is 6.92 Å². The van der Waals surface area contributed by atoms with Gasteiger partial charge in [0.1, 0.15) is 0 Å². The molecule has 0 aliphatic carbocycles. The molecule has 0 bridgehead atoms. The van der Waals surface area contributed by atoms with E-state index in [1.54, 1.807) is 6.08 Å². The molecule has 0 N–H and O–H groups in total. The minimum atomic E-state index is -0.230. The summed E-state index contributed by atoms with van der Waals surface area (Å²) in [7, 11) is 0. The molecule has 0 spiro atoms. The molecule has 56 valence electrons. The zero-order valence-corrected chi connectivity index (χ0v) is 6.17. The number of carbonyl (C=O) groups excluding carboxylic acids is 1. The third-order valence-electron chi connectivity index (χ3n) is 0.862. The molecule has 0 aliphatic rings. The molecule has 0 fully saturated rings. The van der Waals surface area contributed by atoms with Crippen LogP contribution in [0.2, 0.25) is 0 Å². The Balaban J connectivity index is 3.12. The molecule has 0 rings (SSSR count). The average molecular weight is 140 g/mol. The summed E-state index contributed by atoms with van der Waals surface area (Å²) in [5, 5.41) is 0. The van der Waals surface area contributed by atoms with Gasteiger partial charge in [-0.15, -0.1) is 0 Å². The molecular weight excluding hydrogens is 128 g/mol. The van der Waals surface area contributed by atoms with Crippen LogP contribution in [0.5, 0.6) is 0 Å². The standard InChI is InChI=1S/C8H12O2/c1-3-4-5-6-7-10-8(2)9/h3-5H,1,6-7H2,2H3/b5-4+. The van der Waals surface area contributed by atoms with Crippen molar-refractivity contribution in [3.63, 3.8) is 0 Å². The van der Waals surface area contributed by atoms with E-state index in [0.717, 1.165) is 6.42 Å². The highest BCUT2D eigenvalue weighted by atomic mass is 16.5. The van der Waals surface area contributed by atoms with Crippen molar-refractivity contribution in [3.05, 3.63) is 24.8 Å². The number of allylic oxidation sites excluding steroid dienone is 2. The molecule has 2 heteroatoms. The van der Waals surface area contributed by atoms with Crippen LogP contribution in [-0.4, -0.2) is 12.6 Å². The Labute approximate surface area is 61.2 Å². The zero-order valence-electron chi connectivity index (χ0n) is 6.17. The van der Waals surface area contributed by atoms with E-state index >= 15 is 0 Å². The number of hydrogen-bond donors (Lipinski definition) is 0. The maximum absolute atomic E-state index is 10.2. The molecule has 0 saturated carbocycles. The van der Waals surface area contributed by atoms with E-state index in [4.69, 9.17) is 0 Å². The average Bonchev–Trinajstić information content (AvgIpc) is 1.87. The summed E-state index contributed by atoms with van der Waals surface area (Å²) in [5.74, 6) is -0.230. The first-order valence-corrected chi connectivity index (χ1v) is 3.18. The van der Waals surface area contributed by atoms with Gasteiger partial charge in [0.15, 0.2) is 0 Å². The molecular formula is C8H12O2. The number of rotatable bonds is 4. The second-order valence-electron chi connectivity index (χ2n) is 1.79. The minimum Gasteiger partial charge on any atom is -0.466 e. The predicted octanol–water partition coefficient (Wildman–Crippen LogP) is 1.68. The van der Waals surface area contributed by atoms with E-state index in [-0.39, 0.29) is 5.97 Å². The van der Waals surface area contributed by atoms with Crippen molar-refractivity contribution < 1.29 is 9.53 Å². The normalized spacial score (nSPS) is 9.70. The largest absolute Gasteiger partial charge is 0.466 e. The van der Waals surface area contributed by atoms with Crippen LogP contribution in [0.15, 0.2) is 24.8 Å². The Morgan fingerprint density at radius 3 is 2.90 bits per heavy atom. The van der Waals surface area contributed by atoms with Crippen molar-refractivity contribution in [2.24, 2.45) is 0 Å². The number of ether oxygens (including phenoxy) is 1. The third kappa shape index (κ3) is 6.95. The van der Waals surface area contributed by atoms with Crippen LogP contribution >= 0.6 is 0 Å². The quantitative estimate of drug-likeness (QED) is 0.337. The Bertz CT molecular complexity index is 136. The van der Waals surface area contributed by atoms with E-state index in [9.17, 15) is 4.79 Å². The fraction of sp³-hybridized carbons (Fsp3) is 0.375. The van der Waals surface area contributed by atoms with Crippen LogP contribution in [-0.2, 0) is 9.53 Å². The van der Waals surface area contributed by atoms with Crippen molar-refractivity contribution in [3.8, 4) is 0 Å². The highest BCUT2D eigenvalue weighted by molar-refractivity contribution is 5.65. The third-order valence-corrected chi connectivity index (χ3v) is 0.862. The molecule has 2 nitrogen and oxygen atoms in total. The number of carbonyl (C=O) groups is 1. The maximum atomic E-state index is 10.2. The van der Waals surface area contributed by atoms with E-state index in [0.29, 0.717) is 6.61 Å². The van der Waals surface area contributed by atoms with Crippen LogP contribution < -0.4 is 0 Å². The van der Waals surface area contributed by atoms with E-state index in [1.165, 1.54) is 6.92 Å². The van der Waals surface area contributed by atoms with Crippen LogP contribution in [0.1, 0.15) is 13.3 Å². The van der Waals surface area contributed by atoms with Gasteiger partial charge in [-0.2, -0.15) is 0 Å². The lowest BCUT2D eigenvalue weighted by Gasteiger charge is -1.95. The van der Waals surface area contributed by atoms with Crippen LogP contribution in [0, 0.1) is 0 Å². The molecule has 0 atom stereocenters. The second-order valence-corrected chi connectivity index (χ2v) is 1.79. The fourth-order valence-corrected chi connectivity index (χ4v) is 0.463. The lowest BCUT2D eigenvalue weighted by molar-refractivity contribution is -0.140. The van der Waals surface area contributed by atoms with Gasteiger partial charge in [-0.1, -0.05) is 24.8 Å². The van der Waals surface area contributed by atoms with Crippen molar-refractivity contribution >= 4 is 5.97 Å². The Kier molecular flexibility index (Phi) is 5.44.